The van der Waals surface area contributed by atoms with Crippen molar-refractivity contribution in [3.8, 4) is 11.3 Å². The van der Waals surface area contributed by atoms with Crippen LogP contribution in [0.5, 0.6) is 0 Å². The van der Waals surface area contributed by atoms with Crippen LogP contribution in [0.2, 0.25) is 0 Å². The summed E-state index contributed by atoms with van der Waals surface area (Å²) in [6.07, 6.45) is 1.97. The molecular weight excluding hydrogens is 229 g/mol. The van der Waals surface area contributed by atoms with Crippen molar-refractivity contribution in [3.63, 3.8) is 0 Å². The van der Waals surface area contributed by atoms with Crippen LogP contribution in [0.1, 0.15) is 18.1 Å². The van der Waals surface area contributed by atoms with Crippen LogP contribution in [-0.2, 0) is 13.6 Å². The highest BCUT2D eigenvalue weighted by Crippen LogP contribution is 2.23. The maximum atomic E-state index is 13.6. The van der Waals surface area contributed by atoms with E-state index >= 15 is 0 Å². The molecule has 0 saturated heterocycles. The molecule has 0 fully saturated rings. The summed E-state index contributed by atoms with van der Waals surface area (Å²) in [4.78, 5) is 0. The van der Waals surface area contributed by atoms with Gasteiger partial charge in [0.25, 0.3) is 0 Å². The summed E-state index contributed by atoms with van der Waals surface area (Å²) in [6, 6.07) is 5.25. The lowest BCUT2D eigenvalue weighted by atomic mass is 10.1. The van der Waals surface area contributed by atoms with Crippen molar-refractivity contribution in [2.24, 2.45) is 7.05 Å². The van der Waals surface area contributed by atoms with E-state index in [0.29, 0.717) is 5.56 Å². The number of aromatic nitrogens is 2. The van der Waals surface area contributed by atoms with E-state index in [-0.39, 0.29) is 5.82 Å². The van der Waals surface area contributed by atoms with Crippen molar-refractivity contribution >= 4 is 0 Å². The van der Waals surface area contributed by atoms with Crippen LogP contribution in [0.4, 0.5) is 4.39 Å². The van der Waals surface area contributed by atoms with E-state index in [1.165, 1.54) is 0 Å². The van der Waals surface area contributed by atoms with Gasteiger partial charge in [0.2, 0.25) is 0 Å². The van der Waals surface area contributed by atoms with Crippen LogP contribution in [0, 0.1) is 12.7 Å². The quantitative estimate of drug-likeness (QED) is 0.900. The zero-order valence-corrected chi connectivity index (χ0v) is 11.0. The monoisotopic (exact) mass is 247 g/mol. The molecule has 1 heterocycles. The van der Waals surface area contributed by atoms with Gasteiger partial charge in [0.15, 0.2) is 0 Å². The van der Waals surface area contributed by atoms with E-state index in [4.69, 9.17) is 0 Å². The van der Waals surface area contributed by atoms with Crippen LogP contribution in [0.15, 0.2) is 24.4 Å². The Morgan fingerprint density at radius 3 is 2.83 bits per heavy atom. The minimum Gasteiger partial charge on any atom is -0.313 e. The third-order valence-electron chi connectivity index (χ3n) is 2.92. The zero-order valence-electron chi connectivity index (χ0n) is 11.0. The normalized spacial score (nSPS) is 10.9. The maximum absolute atomic E-state index is 13.6. The summed E-state index contributed by atoms with van der Waals surface area (Å²) in [5.41, 5.74) is 3.41. The molecule has 0 aliphatic carbocycles. The summed E-state index contributed by atoms with van der Waals surface area (Å²) in [5.74, 6) is -0.187. The average Bonchev–Trinajstić information content (AvgIpc) is 2.71. The average molecular weight is 247 g/mol. The van der Waals surface area contributed by atoms with Crippen molar-refractivity contribution in [3.05, 3.63) is 41.3 Å². The van der Waals surface area contributed by atoms with Crippen molar-refractivity contribution in [1.29, 1.82) is 0 Å². The van der Waals surface area contributed by atoms with Gasteiger partial charge in [-0.2, -0.15) is 5.10 Å². The molecule has 0 bridgehead atoms. The van der Waals surface area contributed by atoms with E-state index < -0.39 is 0 Å². The second-order valence-corrected chi connectivity index (χ2v) is 4.42. The zero-order chi connectivity index (χ0) is 13.1. The summed E-state index contributed by atoms with van der Waals surface area (Å²) in [6.45, 7) is 5.46. The molecule has 2 aromatic rings. The van der Waals surface area contributed by atoms with Crippen LogP contribution in [-0.4, -0.2) is 16.3 Å². The molecule has 1 aromatic heterocycles. The standard InChI is InChI=1S/C14H18FN3/c1-4-16-8-12-9-18(3)17-14(12)11-6-5-10(2)13(15)7-11/h5-7,9,16H,4,8H2,1-3H3. The highest BCUT2D eigenvalue weighted by Gasteiger charge is 2.11. The second kappa shape index (κ2) is 5.31. The lowest BCUT2D eigenvalue weighted by Gasteiger charge is -2.04. The first kappa shape index (κ1) is 12.8. The molecule has 4 heteroatoms. The Morgan fingerprint density at radius 1 is 1.39 bits per heavy atom. The van der Waals surface area contributed by atoms with E-state index in [1.807, 2.05) is 19.3 Å². The van der Waals surface area contributed by atoms with Crippen LogP contribution >= 0.6 is 0 Å². The largest absolute Gasteiger partial charge is 0.313 e. The summed E-state index contributed by atoms with van der Waals surface area (Å²) in [5, 5.41) is 7.68. The Balaban J connectivity index is 2.39. The van der Waals surface area contributed by atoms with Gasteiger partial charge < -0.3 is 5.32 Å². The smallest absolute Gasteiger partial charge is 0.126 e. The summed E-state index contributed by atoms with van der Waals surface area (Å²) >= 11 is 0. The van der Waals surface area contributed by atoms with E-state index in [9.17, 15) is 4.39 Å². The third-order valence-corrected chi connectivity index (χ3v) is 2.92. The second-order valence-electron chi connectivity index (χ2n) is 4.42. The third kappa shape index (κ3) is 2.59. The van der Waals surface area contributed by atoms with Crippen molar-refractivity contribution < 1.29 is 4.39 Å². The lowest BCUT2D eigenvalue weighted by molar-refractivity contribution is 0.619. The van der Waals surface area contributed by atoms with Gasteiger partial charge in [-0.3, -0.25) is 4.68 Å². The molecule has 0 aliphatic rings. The summed E-state index contributed by atoms with van der Waals surface area (Å²) in [7, 11) is 1.88. The molecule has 0 amide bonds. The number of benzene rings is 1. The number of nitrogens with zero attached hydrogens (tertiary/aromatic N) is 2. The predicted octanol–water partition coefficient (Wildman–Crippen LogP) is 2.64. The first-order valence-corrected chi connectivity index (χ1v) is 6.11. The molecular formula is C14H18FN3. The molecule has 2 rings (SSSR count). The first-order valence-electron chi connectivity index (χ1n) is 6.11. The molecule has 0 aliphatic heterocycles. The van der Waals surface area contributed by atoms with E-state index in [0.717, 1.165) is 29.9 Å². The van der Waals surface area contributed by atoms with Crippen molar-refractivity contribution in [2.75, 3.05) is 6.54 Å². The first-order chi connectivity index (χ1) is 8.61. The number of halogens is 1. The topological polar surface area (TPSA) is 29.9 Å². The lowest BCUT2D eigenvalue weighted by Crippen LogP contribution is -2.11. The van der Waals surface area contributed by atoms with Crippen molar-refractivity contribution in [2.45, 2.75) is 20.4 Å². The number of hydrogen-bond acceptors (Lipinski definition) is 2. The Bertz CT molecular complexity index is 546. The number of aryl methyl sites for hydroxylation is 2. The number of nitrogens with one attached hydrogen (secondary N) is 1. The van der Waals surface area contributed by atoms with Gasteiger partial charge >= 0.3 is 0 Å². The molecule has 96 valence electrons. The molecule has 0 atom stereocenters. The van der Waals surface area contributed by atoms with E-state index in [1.54, 1.807) is 23.7 Å². The molecule has 3 nitrogen and oxygen atoms in total. The summed E-state index contributed by atoms with van der Waals surface area (Å²) < 4.78 is 15.4. The molecule has 0 radical (unpaired) electrons. The predicted molar refractivity (Wildman–Crippen MR) is 70.7 cm³/mol. The van der Waals surface area contributed by atoms with Gasteiger partial charge in [-0.15, -0.1) is 0 Å². The molecule has 0 spiro atoms. The molecule has 1 N–H and O–H groups in total. The van der Waals surface area contributed by atoms with E-state index in [2.05, 4.69) is 17.3 Å². The van der Waals surface area contributed by atoms with Crippen LogP contribution < -0.4 is 5.32 Å². The maximum Gasteiger partial charge on any atom is 0.126 e. The fraction of sp³-hybridized carbons (Fsp3) is 0.357. The fourth-order valence-corrected chi connectivity index (χ4v) is 1.91. The van der Waals surface area contributed by atoms with Crippen LogP contribution in [0.3, 0.4) is 0 Å². The molecule has 18 heavy (non-hydrogen) atoms. The number of hydrogen-bond donors (Lipinski definition) is 1. The minimum atomic E-state index is -0.187. The van der Waals surface area contributed by atoms with Crippen LogP contribution in [0.25, 0.3) is 11.3 Å². The number of rotatable bonds is 4. The van der Waals surface area contributed by atoms with Gasteiger partial charge in [-0.05, 0) is 25.1 Å². The Hall–Kier alpha value is -1.68. The Kier molecular flexibility index (Phi) is 3.77. The van der Waals surface area contributed by atoms with Gasteiger partial charge in [-0.25, -0.2) is 4.39 Å². The SMILES string of the molecule is CCNCc1cn(C)nc1-c1ccc(C)c(F)c1. The Labute approximate surface area is 107 Å². The van der Waals surface area contributed by atoms with Gasteiger partial charge in [-0.1, -0.05) is 19.1 Å². The Morgan fingerprint density at radius 2 is 2.17 bits per heavy atom. The minimum absolute atomic E-state index is 0.187. The highest BCUT2D eigenvalue weighted by atomic mass is 19.1. The molecule has 1 aromatic carbocycles. The van der Waals surface area contributed by atoms with Crippen molar-refractivity contribution in [1.82, 2.24) is 15.1 Å². The molecule has 0 unspecified atom stereocenters. The molecule has 0 saturated carbocycles. The van der Waals surface area contributed by atoms with Gasteiger partial charge in [0.05, 0.1) is 5.69 Å². The van der Waals surface area contributed by atoms with Gasteiger partial charge in [0.1, 0.15) is 5.82 Å². The highest BCUT2D eigenvalue weighted by molar-refractivity contribution is 5.63. The fourth-order valence-electron chi connectivity index (χ4n) is 1.91. The van der Waals surface area contributed by atoms with Gasteiger partial charge in [0, 0.05) is 30.9 Å².